The van der Waals surface area contributed by atoms with Crippen LogP contribution in [0.15, 0.2) is 54.9 Å². The summed E-state index contributed by atoms with van der Waals surface area (Å²) in [7, 11) is 1.55. The highest BCUT2D eigenvalue weighted by Crippen LogP contribution is 2.18. The Bertz CT molecular complexity index is 949. The van der Waals surface area contributed by atoms with Crippen LogP contribution in [-0.2, 0) is 0 Å². The van der Waals surface area contributed by atoms with Crippen LogP contribution in [0.4, 0.5) is 11.4 Å². The molecule has 7 heteroatoms. The normalized spacial score (nSPS) is 10.2. The van der Waals surface area contributed by atoms with Crippen LogP contribution in [0, 0.1) is 6.92 Å². The molecule has 0 saturated heterocycles. The number of carbonyl (C=O) groups is 2. The molecule has 0 fully saturated rings. The number of hydrogen-bond donors (Lipinski definition) is 3. The van der Waals surface area contributed by atoms with Crippen molar-refractivity contribution in [3.63, 3.8) is 0 Å². The maximum absolute atomic E-state index is 12.5. The van der Waals surface area contributed by atoms with Gasteiger partial charge in [-0.05, 0) is 36.8 Å². The maximum Gasteiger partial charge on any atom is 0.276 e. The second-order valence-electron chi connectivity index (χ2n) is 5.64. The molecule has 1 heterocycles. The lowest BCUT2D eigenvalue weighted by atomic mass is 10.2. The minimum absolute atomic E-state index is 0.0203. The van der Waals surface area contributed by atoms with E-state index in [1.165, 1.54) is 6.33 Å². The number of aromatic amines is 1. The number of hydrogen-bond acceptors (Lipinski definition) is 4. The van der Waals surface area contributed by atoms with E-state index in [-0.39, 0.29) is 11.4 Å². The van der Waals surface area contributed by atoms with E-state index < -0.39 is 11.8 Å². The van der Waals surface area contributed by atoms with Gasteiger partial charge in [-0.25, -0.2) is 4.98 Å². The minimum Gasteiger partial charge on any atom is -0.497 e. The van der Waals surface area contributed by atoms with Crippen molar-refractivity contribution in [1.82, 2.24) is 9.97 Å². The van der Waals surface area contributed by atoms with Crippen molar-refractivity contribution in [2.45, 2.75) is 6.92 Å². The summed E-state index contributed by atoms with van der Waals surface area (Å²) in [6, 6.07) is 14.3. The second-order valence-corrected chi connectivity index (χ2v) is 5.64. The van der Waals surface area contributed by atoms with E-state index in [0.29, 0.717) is 17.1 Å². The van der Waals surface area contributed by atoms with Crippen LogP contribution in [-0.4, -0.2) is 28.9 Å². The molecule has 0 aliphatic carbocycles. The molecule has 1 aromatic heterocycles. The first kappa shape index (κ1) is 17.2. The summed E-state index contributed by atoms with van der Waals surface area (Å²) in [5.41, 5.74) is 2.30. The van der Waals surface area contributed by atoms with Gasteiger partial charge in [-0.3, -0.25) is 9.59 Å². The lowest BCUT2D eigenvalue weighted by Crippen LogP contribution is -2.20. The quantitative estimate of drug-likeness (QED) is 0.658. The van der Waals surface area contributed by atoms with E-state index in [4.69, 9.17) is 4.74 Å². The number of aryl methyl sites for hydroxylation is 1. The third kappa shape index (κ3) is 3.89. The zero-order valence-corrected chi connectivity index (χ0v) is 14.4. The largest absolute Gasteiger partial charge is 0.497 e. The van der Waals surface area contributed by atoms with E-state index in [1.54, 1.807) is 37.4 Å². The van der Waals surface area contributed by atoms with Crippen molar-refractivity contribution in [2.75, 3.05) is 17.7 Å². The summed E-state index contributed by atoms with van der Waals surface area (Å²) in [6.07, 6.45) is 1.31. The zero-order chi connectivity index (χ0) is 18.5. The van der Waals surface area contributed by atoms with Crippen LogP contribution in [0.5, 0.6) is 5.75 Å². The third-order valence-electron chi connectivity index (χ3n) is 3.69. The van der Waals surface area contributed by atoms with Crippen molar-refractivity contribution in [2.24, 2.45) is 0 Å². The van der Waals surface area contributed by atoms with Crippen LogP contribution in [0.3, 0.4) is 0 Å². The highest BCUT2D eigenvalue weighted by Gasteiger charge is 2.20. The summed E-state index contributed by atoms with van der Waals surface area (Å²) in [4.78, 5) is 31.7. The number of nitrogens with one attached hydrogen (secondary N) is 3. The molecular formula is C19H18N4O3. The topological polar surface area (TPSA) is 96.1 Å². The number of benzene rings is 2. The van der Waals surface area contributed by atoms with Crippen LogP contribution >= 0.6 is 0 Å². The summed E-state index contributed by atoms with van der Waals surface area (Å²) in [5.74, 6) is -0.317. The molecule has 2 aromatic carbocycles. The smallest absolute Gasteiger partial charge is 0.276 e. The molecule has 3 N–H and O–H groups in total. The van der Waals surface area contributed by atoms with Gasteiger partial charge in [-0.1, -0.05) is 18.2 Å². The number of methoxy groups -OCH3 is 1. The van der Waals surface area contributed by atoms with Crippen LogP contribution in [0.2, 0.25) is 0 Å². The van der Waals surface area contributed by atoms with E-state index in [1.807, 2.05) is 25.1 Å². The van der Waals surface area contributed by atoms with Crippen molar-refractivity contribution >= 4 is 23.2 Å². The number of ether oxygens (including phenoxy) is 1. The van der Waals surface area contributed by atoms with E-state index in [2.05, 4.69) is 20.6 Å². The third-order valence-corrected chi connectivity index (χ3v) is 3.69. The molecule has 0 atom stereocenters. The first-order valence-corrected chi connectivity index (χ1v) is 7.93. The Labute approximate surface area is 150 Å². The lowest BCUT2D eigenvalue weighted by molar-refractivity contribution is 0.0985. The van der Waals surface area contributed by atoms with Crippen molar-refractivity contribution < 1.29 is 14.3 Å². The van der Waals surface area contributed by atoms with Crippen molar-refractivity contribution in [1.29, 1.82) is 0 Å². The first-order chi connectivity index (χ1) is 12.6. The summed E-state index contributed by atoms with van der Waals surface area (Å²) in [5, 5.41) is 5.46. The number of amides is 2. The van der Waals surface area contributed by atoms with Gasteiger partial charge in [-0.2, -0.15) is 0 Å². The van der Waals surface area contributed by atoms with Gasteiger partial charge >= 0.3 is 0 Å². The van der Waals surface area contributed by atoms with Gasteiger partial charge in [0.15, 0.2) is 5.69 Å². The van der Waals surface area contributed by atoms with Crippen LogP contribution in [0.25, 0.3) is 0 Å². The molecule has 0 radical (unpaired) electrons. The average Bonchev–Trinajstić information content (AvgIpc) is 3.12. The Morgan fingerprint density at radius 2 is 1.69 bits per heavy atom. The highest BCUT2D eigenvalue weighted by molar-refractivity contribution is 6.13. The predicted octanol–water partition coefficient (Wildman–Crippen LogP) is 3.23. The van der Waals surface area contributed by atoms with Gasteiger partial charge in [0.1, 0.15) is 11.4 Å². The fourth-order valence-electron chi connectivity index (χ4n) is 2.45. The molecule has 132 valence electrons. The molecule has 0 saturated carbocycles. The molecule has 0 aliphatic heterocycles. The molecule has 0 unspecified atom stereocenters. The molecule has 3 rings (SSSR count). The van der Waals surface area contributed by atoms with E-state index in [0.717, 1.165) is 5.56 Å². The predicted molar refractivity (Wildman–Crippen MR) is 98.7 cm³/mol. The standard InChI is InChI=1S/C19H18N4O3/c1-12-5-3-6-13(9-12)22-18(24)16-17(21-11-20-16)19(25)23-14-7-4-8-15(10-14)26-2/h3-11H,1-2H3,(H,20,21)(H,22,24)(H,23,25). The van der Waals surface area contributed by atoms with Gasteiger partial charge < -0.3 is 20.4 Å². The fourth-order valence-corrected chi connectivity index (χ4v) is 2.45. The molecular weight excluding hydrogens is 332 g/mol. The number of imidazole rings is 1. The van der Waals surface area contributed by atoms with Gasteiger partial charge in [0.25, 0.3) is 11.8 Å². The van der Waals surface area contributed by atoms with Crippen molar-refractivity contribution in [3.8, 4) is 5.75 Å². The SMILES string of the molecule is COc1cccc(NC(=O)c2[nH]cnc2C(=O)Nc2cccc(C)c2)c1. The number of nitrogens with zero attached hydrogens (tertiary/aromatic N) is 1. The highest BCUT2D eigenvalue weighted by atomic mass is 16.5. The Morgan fingerprint density at radius 1 is 1.00 bits per heavy atom. The minimum atomic E-state index is -0.467. The van der Waals surface area contributed by atoms with Gasteiger partial charge in [0, 0.05) is 17.4 Å². The van der Waals surface area contributed by atoms with Gasteiger partial charge in [-0.15, -0.1) is 0 Å². The summed E-state index contributed by atoms with van der Waals surface area (Å²) < 4.78 is 5.13. The average molecular weight is 350 g/mol. The number of anilines is 2. The first-order valence-electron chi connectivity index (χ1n) is 7.93. The van der Waals surface area contributed by atoms with Gasteiger partial charge in [0.05, 0.1) is 13.4 Å². The monoisotopic (exact) mass is 350 g/mol. The Balaban J connectivity index is 1.76. The fraction of sp³-hybridized carbons (Fsp3) is 0.105. The van der Waals surface area contributed by atoms with Crippen LogP contribution in [0.1, 0.15) is 26.5 Å². The Kier molecular flexibility index (Phi) is 4.98. The van der Waals surface area contributed by atoms with Gasteiger partial charge in [0.2, 0.25) is 0 Å². The molecule has 3 aromatic rings. The molecule has 0 aliphatic rings. The molecule has 2 amide bonds. The molecule has 0 bridgehead atoms. The molecule has 0 spiro atoms. The van der Waals surface area contributed by atoms with Crippen molar-refractivity contribution in [3.05, 3.63) is 71.8 Å². The molecule has 7 nitrogen and oxygen atoms in total. The lowest BCUT2D eigenvalue weighted by Gasteiger charge is -2.08. The van der Waals surface area contributed by atoms with E-state index >= 15 is 0 Å². The van der Waals surface area contributed by atoms with E-state index in [9.17, 15) is 9.59 Å². The Morgan fingerprint density at radius 3 is 2.42 bits per heavy atom. The molecule has 26 heavy (non-hydrogen) atoms. The number of carbonyl (C=O) groups excluding carboxylic acids is 2. The summed E-state index contributed by atoms with van der Waals surface area (Å²) in [6.45, 7) is 1.93. The summed E-state index contributed by atoms with van der Waals surface area (Å²) >= 11 is 0. The number of aromatic nitrogens is 2. The zero-order valence-electron chi connectivity index (χ0n) is 14.4. The van der Waals surface area contributed by atoms with Crippen LogP contribution < -0.4 is 15.4 Å². The Hall–Kier alpha value is -3.61. The number of H-pyrrole nitrogens is 1. The second kappa shape index (κ2) is 7.52. The maximum atomic E-state index is 12.5. The number of rotatable bonds is 5.